The molecule has 0 fully saturated rings. The fraction of sp³-hybridized carbons (Fsp3) is 0.455. The molecule has 7 nitrogen and oxygen atoms in total. The highest BCUT2D eigenvalue weighted by Crippen LogP contribution is 2.18. The Balaban J connectivity index is 3.06. The van der Waals surface area contributed by atoms with Crippen molar-refractivity contribution in [3.8, 4) is 0 Å². The normalized spacial score (nSPS) is 12.1. The van der Waals surface area contributed by atoms with Crippen LogP contribution in [0.15, 0.2) is 27.8 Å². The van der Waals surface area contributed by atoms with Gasteiger partial charge in [-0.1, -0.05) is 0 Å². The van der Waals surface area contributed by atoms with Gasteiger partial charge in [-0.25, -0.2) is 8.42 Å². The van der Waals surface area contributed by atoms with Crippen molar-refractivity contribution in [2.45, 2.75) is 4.90 Å². The Morgan fingerprint density at radius 3 is 2.50 bits per heavy atom. The fourth-order valence-corrected chi connectivity index (χ4v) is 3.32. The molecule has 1 heterocycles. The zero-order valence-corrected chi connectivity index (χ0v) is 13.6. The molecule has 1 rings (SSSR count). The van der Waals surface area contributed by atoms with Gasteiger partial charge in [0.25, 0.3) is 0 Å². The van der Waals surface area contributed by atoms with Crippen molar-refractivity contribution in [1.82, 2.24) is 14.2 Å². The molecule has 0 aliphatic rings. The van der Waals surface area contributed by atoms with E-state index in [4.69, 9.17) is 5.11 Å². The summed E-state index contributed by atoms with van der Waals surface area (Å²) >= 11 is 3.15. The number of hydrogen-bond donors (Lipinski definition) is 1. The third-order valence-electron chi connectivity index (χ3n) is 2.43. The molecule has 1 aromatic heterocycles. The first kappa shape index (κ1) is 17.0. The molecule has 0 aliphatic carbocycles. The molecule has 0 unspecified atom stereocenters. The van der Waals surface area contributed by atoms with E-state index >= 15 is 0 Å². The Kier molecular flexibility index (Phi) is 6.06. The number of carboxylic acid groups (broad SMARTS) is 1. The van der Waals surface area contributed by atoms with E-state index in [1.807, 2.05) is 0 Å². The first-order valence-electron chi connectivity index (χ1n) is 5.70. The van der Waals surface area contributed by atoms with Crippen LogP contribution in [0.2, 0.25) is 0 Å². The second-order valence-corrected chi connectivity index (χ2v) is 7.23. The molecular formula is C11H16BrN3O4S. The van der Waals surface area contributed by atoms with E-state index in [1.54, 1.807) is 19.0 Å². The van der Waals surface area contributed by atoms with Crippen molar-refractivity contribution in [2.75, 3.05) is 33.7 Å². The van der Waals surface area contributed by atoms with E-state index in [1.165, 1.54) is 18.5 Å². The molecule has 0 amide bonds. The second-order valence-electron chi connectivity index (χ2n) is 4.37. The Labute approximate surface area is 126 Å². The zero-order chi connectivity index (χ0) is 15.3. The van der Waals surface area contributed by atoms with Gasteiger partial charge in [0.1, 0.15) is 11.4 Å². The maximum atomic E-state index is 12.4. The lowest BCUT2D eigenvalue weighted by Gasteiger charge is -2.22. The van der Waals surface area contributed by atoms with Gasteiger partial charge in [-0.15, -0.1) is 0 Å². The van der Waals surface area contributed by atoms with Crippen LogP contribution in [0.1, 0.15) is 0 Å². The summed E-state index contributed by atoms with van der Waals surface area (Å²) in [6.07, 6.45) is 2.66. The van der Waals surface area contributed by atoms with Crippen LogP contribution in [0.5, 0.6) is 0 Å². The van der Waals surface area contributed by atoms with Crippen LogP contribution in [-0.2, 0) is 14.8 Å². The predicted molar refractivity (Wildman–Crippen MR) is 76.9 cm³/mol. The monoisotopic (exact) mass is 365 g/mol. The molecule has 0 bridgehead atoms. The number of carboxylic acids is 1. The number of aromatic nitrogens is 1. The average Bonchev–Trinajstić information content (AvgIpc) is 2.33. The van der Waals surface area contributed by atoms with Crippen molar-refractivity contribution in [2.24, 2.45) is 0 Å². The van der Waals surface area contributed by atoms with Crippen molar-refractivity contribution in [3.05, 3.63) is 22.9 Å². The number of rotatable bonds is 7. The molecule has 9 heteroatoms. The number of carbonyl (C=O) groups is 1. The quantitative estimate of drug-likeness (QED) is 0.755. The van der Waals surface area contributed by atoms with Crippen molar-refractivity contribution >= 4 is 31.9 Å². The summed E-state index contributed by atoms with van der Waals surface area (Å²) < 4.78 is 26.3. The summed E-state index contributed by atoms with van der Waals surface area (Å²) in [4.78, 5) is 16.4. The zero-order valence-electron chi connectivity index (χ0n) is 11.2. The van der Waals surface area contributed by atoms with E-state index in [2.05, 4.69) is 20.9 Å². The van der Waals surface area contributed by atoms with Gasteiger partial charge < -0.3 is 10.0 Å². The lowest BCUT2D eigenvalue weighted by Crippen LogP contribution is -2.40. The molecular weight excluding hydrogens is 350 g/mol. The molecule has 0 aliphatic heterocycles. The van der Waals surface area contributed by atoms with E-state index in [0.717, 1.165) is 4.31 Å². The highest BCUT2D eigenvalue weighted by atomic mass is 79.9. The smallest absolute Gasteiger partial charge is 0.318 e. The molecule has 0 saturated heterocycles. The third kappa shape index (κ3) is 4.82. The molecule has 1 aromatic rings. The van der Waals surface area contributed by atoms with Crippen LogP contribution in [0.3, 0.4) is 0 Å². The fourth-order valence-electron chi connectivity index (χ4n) is 1.43. The summed E-state index contributed by atoms with van der Waals surface area (Å²) in [6.45, 7) is -0.0647. The number of likely N-dealkylation sites (N-methyl/N-ethyl adjacent to an activating group) is 1. The van der Waals surface area contributed by atoms with Crippen LogP contribution < -0.4 is 0 Å². The number of hydrogen-bond acceptors (Lipinski definition) is 5. The minimum atomic E-state index is -3.88. The highest BCUT2D eigenvalue weighted by Gasteiger charge is 2.26. The van der Waals surface area contributed by atoms with Crippen LogP contribution in [0.4, 0.5) is 0 Å². The number of nitrogens with zero attached hydrogens (tertiary/aromatic N) is 3. The number of halogens is 1. The molecule has 0 spiro atoms. The average molecular weight is 366 g/mol. The topological polar surface area (TPSA) is 90.8 Å². The van der Waals surface area contributed by atoms with Gasteiger partial charge in [0.15, 0.2) is 0 Å². The van der Waals surface area contributed by atoms with Crippen molar-refractivity contribution in [1.29, 1.82) is 0 Å². The van der Waals surface area contributed by atoms with Gasteiger partial charge in [0.05, 0.1) is 0 Å². The largest absolute Gasteiger partial charge is 0.480 e. The maximum Gasteiger partial charge on any atom is 0.318 e. The minimum Gasteiger partial charge on any atom is -0.480 e. The second kappa shape index (κ2) is 7.11. The SMILES string of the molecule is CN(C)CCN(CC(=O)O)S(=O)(=O)c1cncc(Br)c1. The summed E-state index contributed by atoms with van der Waals surface area (Å²) in [5, 5.41) is 8.87. The summed E-state index contributed by atoms with van der Waals surface area (Å²) in [5.74, 6) is -1.20. The Bertz CT molecular complexity index is 577. The van der Waals surface area contributed by atoms with E-state index in [9.17, 15) is 13.2 Å². The lowest BCUT2D eigenvalue weighted by molar-refractivity contribution is -0.137. The van der Waals surface area contributed by atoms with E-state index in [0.29, 0.717) is 11.0 Å². The summed E-state index contributed by atoms with van der Waals surface area (Å²) in [6, 6.07) is 1.40. The van der Waals surface area contributed by atoms with Gasteiger partial charge in [0.2, 0.25) is 10.0 Å². The van der Waals surface area contributed by atoms with Crippen LogP contribution in [-0.4, -0.2) is 67.4 Å². The van der Waals surface area contributed by atoms with Gasteiger partial charge in [-0.3, -0.25) is 9.78 Å². The molecule has 0 aromatic carbocycles. The Morgan fingerprint density at radius 2 is 2.00 bits per heavy atom. The van der Waals surface area contributed by atoms with Crippen molar-refractivity contribution < 1.29 is 18.3 Å². The molecule has 0 saturated carbocycles. The molecule has 0 radical (unpaired) electrons. The highest BCUT2D eigenvalue weighted by molar-refractivity contribution is 9.10. The van der Waals surface area contributed by atoms with Crippen LogP contribution in [0.25, 0.3) is 0 Å². The lowest BCUT2D eigenvalue weighted by atomic mass is 10.5. The molecule has 0 atom stereocenters. The van der Waals surface area contributed by atoms with Gasteiger partial charge in [0, 0.05) is 30.0 Å². The first-order valence-corrected chi connectivity index (χ1v) is 7.94. The maximum absolute atomic E-state index is 12.4. The Hall–Kier alpha value is -1.03. The van der Waals surface area contributed by atoms with Gasteiger partial charge >= 0.3 is 5.97 Å². The van der Waals surface area contributed by atoms with E-state index < -0.39 is 22.5 Å². The van der Waals surface area contributed by atoms with Gasteiger partial charge in [-0.05, 0) is 36.1 Å². The third-order valence-corrected chi connectivity index (χ3v) is 4.67. The number of sulfonamides is 1. The first-order chi connectivity index (χ1) is 9.23. The minimum absolute atomic E-state index is 0.0353. The van der Waals surface area contributed by atoms with Crippen LogP contribution >= 0.6 is 15.9 Å². The van der Waals surface area contributed by atoms with Crippen molar-refractivity contribution in [3.63, 3.8) is 0 Å². The summed E-state index contributed by atoms with van der Waals surface area (Å²) in [7, 11) is -0.313. The predicted octanol–water partition coefficient (Wildman–Crippen LogP) is 0.481. The number of pyridine rings is 1. The molecule has 1 N–H and O–H groups in total. The molecule has 20 heavy (non-hydrogen) atoms. The Morgan fingerprint density at radius 1 is 1.35 bits per heavy atom. The standard InChI is InChI=1S/C11H16BrN3O4S/c1-14(2)3-4-15(8-11(16)17)20(18,19)10-5-9(12)6-13-7-10/h5-7H,3-4,8H2,1-2H3,(H,16,17). The summed E-state index contributed by atoms with van der Waals surface area (Å²) in [5.41, 5.74) is 0. The number of aliphatic carboxylic acids is 1. The van der Waals surface area contributed by atoms with Crippen LogP contribution in [0, 0.1) is 0 Å². The van der Waals surface area contributed by atoms with Gasteiger partial charge in [-0.2, -0.15) is 4.31 Å². The molecule has 112 valence electrons. The van der Waals surface area contributed by atoms with E-state index in [-0.39, 0.29) is 11.4 Å².